The minimum absolute atomic E-state index is 0.0101. The van der Waals surface area contributed by atoms with Crippen LogP contribution in [0, 0.1) is 5.82 Å². The van der Waals surface area contributed by atoms with Gasteiger partial charge in [0.25, 0.3) is 0 Å². The number of amides is 1. The Morgan fingerprint density at radius 1 is 1.12 bits per heavy atom. The number of carbonyl (C=O) groups is 1. The van der Waals surface area contributed by atoms with Gasteiger partial charge in [-0.1, -0.05) is 17.7 Å². The van der Waals surface area contributed by atoms with Crippen LogP contribution in [0.5, 0.6) is 0 Å². The van der Waals surface area contributed by atoms with Gasteiger partial charge in [0.05, 0.1) is 28.7 Å². The summed E-state index contributed by atoms with van der Waals surface area (Å²) in [6, 6.07) is 9.34. The van der Waals surface area contributed by atoms with Crippen molar-refractivity contribution in [3.63, 3.8) is 0 Å². The smallest absolute Gasteiger partial charge is 0.381 e. The molecule has 1 aromatic heterocycles. The van der Waals surface area contributed by atoms with Gasteiger partial charge in [0, 0.05) is 31.2 Å². The van der Waals surface area contributed by atoms with Crippen molar-refractivity contribution in [2.45, 2.75) is 50.4 Å². The number of ether oxygens (including phenoxy) is 1. The molecule has 2 aliphatic heterocycles. The van der Waals surface area contributed by atoms with Crippen LogP contribution < -0.4 is 4.90 Å². The Labute approximate surface area is 198 Å². The fourth-order valence-corrected chi connectivity index (χ4v) is 5.24. The molecule has 0 atom stereocenters. The van der Waals surface area contributed by atoms with Gasteiger partial charge < -0.3 is 14.2 Å². The minimum Gasteiger partial charge on any atom is -0.381 e. The van der Waals surface area contributed by atoms with E-state index in [1.54, 1.807) is 28.8 Å². The van der Waals surface area contributed by atoms with Crippen molar-refractivity contribution in [1.29, 1.82) is 0 Å². The van der Waals surface area contributed by atoms with Crippen LogP contribution in [0.1, 0.15) is 37.1 Å². The lowest BCUT2D eigenvalue weighted by atomic mass is 9.75. The number of aryl methyl sites for hydroxylation is 1. The fourth-order valence-electron chi connectivity index (χ4n) is 5.08. The summed E-state index contributed by atoms with van der Waals surface area (Å²) < 4.78 is 59.8. The molecular formula is C24H22ClF4N3O2. The third kappa shape index (κ3) is 4.05. The minimum atomic E-state index is -4.27. The number of fused-ring (bicyclic) bond motifs is 3. The molecule has 34 heavy (non-hydrogen) atoms. The fraction of sp³-hybridized carbons (Fsp3) is 0.417. The molecule has 1 saturated heterocycles. The molecule has 0 radical (unpaired) electrons. The van der Waals surface area contributed by atoms with Crippen LogP contribution >= 0.6 is 11.6 Å². The zero-order valence-corrected chi connectivity index (χ0v) is 18.9. The maximum absolute atomic E-state index is 14.2. The number of nitrogens with zero attached hydrogens (tertiary/aromatic N) is 3. The number of hydrogen-bond acceptors (Lipinski definition) is 3. The molecule has 3 aromatic rings. The summed E-state index contributed by atoms with van der Waals surface area (Å²) in [6.45, 7) is 0.926. The molecular weight excluding hydrogens is 474 g/mol. The Morgan fingerprint density at radius 3 is 2.62 bits per heavy atom. The van der Waals surface area contributed by atoms with Crippen molar-refractivity contribution in [1.82, 2.24) is 9.55 Å². The second-order valence-corrected chi connectivity index (χ2v) is 9.22. The van der Waals surface area contributed by atoms with Gasteiger partial charge in [-0.15, -0.1) is 0 Å². The molecule has 1 spiro atoms. The molecule has 180 valence electrons. The summed E-state index contributed by atoms with van der Waals surface area (Å²) >= 11 is 6.10. The van der Waals surface area contributed by atoms with E-state index >= 15 is 0 Å². The third-order valence-electron chi connectivity index (χ3n) is 6.70. The van der Waals surface area contributed by atoms with Crippen molar-refractivity contribution in [2.24, 2.45) is 0 Å². The Balaban J connectivity index is 1.54. The number of aromatic nitrogens is 2. The van der Waals surface area contributed by atoms with E-state index in [-0.39, 0.29) is 25.4 Å². The largest absolute Gasteiger partial charge is 0.389 e. The zero-order valence-electron chi connectivity index (χ0n) is 18.2. The van der Waals surface area contributed by atoms with Crippen molar-refractivity contribution < 1.29 is 27.1 Å². The van der Waals surface area contributed by atoms with E-state index in [2.05, 4.69) is 4.98 Å². The van der Waals surface area contributed by atoms with Gasteiger partial charge >= 0.3 is 6.18 Å². The van der Waals surface area contributed by atoms with Gasteiger partial charge in [-0.25, -0.2) is 9.37 Å². The summed E-state index contributed by atoms with van der Waals surface area (Å²) in [4.78, 5) is 19.8. The summed E-state index contributed by atoms with van der Waals surface area (Å²) in [5, 5.41) is 0.449. The van der Waals surface area contributed by atoms with Crippen LogP contribution in [0.15, 0.2) is 36.4 Å². The second kappa shape index (κ2) is 8.53. The maximum atomic E-state index is 14.2. The van der Waals surface area contributed by atoms with E-state index in [4.69, 9.17) is 16.3 Å². The van der Waals surface area contributed by atoms with Gasteiger partial charge in [-0.05, 0) is 55.2 Å². The number of rotatable bonds is 5. The molecule has 0 unspecified atom stereocenters. The predicted octanol–water partition coefficient (Wildman–Crippen LogP) is 5.77. The van der Waals surface area contributed by atoms with E-state index in [0.717, 1.165) is 5.56 Å². The quantitative estimate of drug-likeness (QED) is 0.422. The molecule has 2 aliphatic rings. The molecule has 3 heterocycles. The van der Waals surface area contributed by atoms with Crippen LogP contribution in [0.25, 0.3) is 11.0 Å². The lowest BCUT2D eigenvalue weighted by Crippen LogP contribution is -2.44. The van der Waals surface area contributed by atoms with Crippen LogP contribution in [-0.4, -0.2) is 34.8 Å². The number of imidazole rings is 1. The van der Waals surface area contributed by atoms with E-state index in [0.29, 0.717) is 53.6 Å². The average molecular weight is 496 g/mol. The molecule has 0 bridgehead atoms. The second-order valence-electron chi connectivity index (χ2n) is 8.78. The van der Waals surface area contributed by atoms with Crippen LogP contribution in [0.3, 0.4) is 0 Å². The average Bonchev–Trinajstić information content (AvgIpc) is 3.21. The lowest BCUT2D eigenvalue weighted by Gasteiger charge is -2.32. The van der Waals surface area contributed by atoms with Crippen molar-refractivity contribution >= 4 is 34.2 Å². The monoisotopic (exact) mass is 495 g/mol. The molecule has 0 saturated carbocycles. The first-order valence-corrected chi connectivity index (χ1v) is 11.5. The highest BCUT2D eigenvalue weighted by Gasteiger charge is 2.51. The highest BCUT2D eigenvalue weighted by atomic mass is 35.5. The predicted molar refractivity (Wildman–Crippen MR) is 119 cm³/mol. The molecule has 1 amide bonds. The van der Waals surface area contributed by atoms with Crippen molar-refractivity contribution in [3.8, 4) is 0 Å². The normalized spacial score (nSPS) is 17.7. The van der Waals surface area contributed by atoms with Gasteiger partial charge in [0.15, 0.2) is 0 Å². The molecule has 5 nitrogen and oxygen atoms in total. The first-order chi connectivity index (χ1) is 16.2. The first-order valence-electron chi connectivity index (χ1n) is 11.1. The maximum Gasteiger partial charge on any atom is 0.389 e. The van der Waals surface area contributed by atoms with Crippen molar-refractivity contribution in [3.05, 3.63) is 58.6 Å². The van der Waals surface area contributed by atoms with Crippen LogP contribution in [-0.2, 0) is 28.0 Å². The summed E-state index contributed by atoms with van der Waals surface area (Å²) in [7, 11) is 0. The van der Waals surface area contributed by atoms with Gasteiger partial charge in [-0.3, -0.25) is 4.79 Å². The van der Waals surface area contributed by atoms with Crippen LogP contribution in [0.2, 0.25) is 5.02 Å². The number of halogens is 5. The Morgan fingerprint density at radius 2 is 1.88 bits per heavy atom. The van der Waals surface area contributed by atoms with Gasteiger partial charge in [0.2, 0.25) is 5.91 Å². The molecule has 0 N–H and O–H groups in total. The SMILES string of the molecule is O=C1N(Cc2nc3cc(Cl)ccc3n2CCCC(F)(F)F)c2cc(F)ccc2C12CCOCC2. The van der Waals surface area contributed by atoms with E-state index in [1.165, 1.54) is 17.0 Å². The highest BCUT2D eigenvalue weighted by Crippen LogP contribution is 2.48. The summed E-state index contributed by atoms with van der Waals surface area (Å²) in [6.07, 6.45) is -4.36. The number of carbonyl (C=O) groups excluding carboxylic acids is 1. The lowest BCUT2D eigenvalue weighted by molar-refractivity contribution is -0.135. The summed E-state index contributed by atoms with van der Waals surface area (Å²) in [5.74, 6) is -0.207. The zero-order chi connectivity index (χ0) is 24.1. The number of anilines is 1. The van der Waals surface area contributed by atoms with E-state index in [9.17, 15) is 22.4 Å². The van der Waals surface area contributed by atoms with Gasteiger partial charge in [0.1, 0.15) is 11.6 Å². The number of benzene rings is 2. The van der Waals surface area contributed by atoms with Crippen molar-refractivity contribution in [2.75, 3.05) is 18.1 Å². The third-order valence-corrected chi connectivity index (χ3v) is 6.93. The molecule has 2 aromatic carbocycles. The van der Waals surface area contributed by atoms with Crippen LogP contribution in [0.4, 0.5) is 23.2 Å². The Hall–Kier alpha value is -2.65. The Kier molecular flexibility index (Phi) is 5.80. The number of alkyl halides is 3. The molecule has 10 heteroatoms. The van der Waals surface area contributed by atoms with E-state index in [1.807, 2.05) is 0 Å². The molecule has 5 rings (SSSR count). The highest BCUT2D eigenvalue weighted by molar-refractivity contribution is 6.31. The molecule has 1 fully saturated rings. The number of hydrogen-bond donors (Lipinski definition) is 0. The summed E-state index contributed by atoms with van der Waals surface area (Å²) in [5.41, 5.74) is 1.59. The first kappa shape index (κ1) is 23.1. The Bertz CT molecular complexity index is 1250. The van der Waals surface area contributed by atoms with Gasteiger partial charge in [-0.2, -0.15) is 13.2 Å². The topological polar surface area (TPSA) is 47.4 Å². The van der Waals surface area contributed by atoms with E-state index < -0.39 is 23.8 Å². The molecule has 0 aliphatic carbocycles. The standard InChI is InChI=1S/C24H22ClF4N3O2/c25-15-2-5-19-18(12-15)30-21(31(19)9-1-6-24(27,28)29)14-32-20-13-16(26)3-4-17(20)23(22(32)33)7-10-34-11-8-23/h2-5,12-13H,1,6-11,14H2.